The summed E-state index contributed by atoms with van der Waals surface area (Å²) in [5.74, 6) is -0.157. The molecule has 0 unspecified atom stereocenters. The summed E-state index contributed by atoms with van der Waals surface area (Å²) in [7, 11) is -4.28. The summed E-state index contributed by atoms with van der Waals surface area (Å²) in [5.41, 5.74) is 0.180. The van der Waals surface area contributed by atoms with E-state index in [0.29, 0.717) is 31.3 Å². The number of carbonyl (C=O) groups excluding carboxylic acids is 1. The summed E-state index contributed by atoms with van der Waals surface area (Å²) >= 11 is 0. The molecule has 0 saturated carbocycles. The molecule has 3 rings (SSSR count). The average Bonchev–Trinajstić information content (AvgIpc) is 2.74. The van der Waals surface area contributed by atoms with Crippen LogP contribution in [0.4, 0.5) is 13.2 Å². The van der Waals surface area contributed by atoms with Crippen LogP contribution in [0.15, 0.2) is 53.7 Å². The van der Waals surface area contributed by atoms with Gasteiger partial charge in [0.15, 0.2) is 9.77 Å². The maximum Gasteiger partial charge on any atom is 0.417 e. The normalized spacial score (nSPS) is 16.4. The first kappa shape index (κ1) is 23.2. The number of sulfone groups is 1. The number of rotatable bonds is 5. The summed E-state index contributed by atoms with van der Waals surface area (Å²) in [6, 6.07) is 11.5. The SMILES string of the molecule is CC(C)(C(=O)N1CCC(Cc2ccccc2)CC1)S(=O)(=O)c1ccc(C(F)(F)F)cn1. The quantitative estimate of drug-likeness (QED) is 0.681. The van der Waals surface area contributed by atoms with Crippen molar-refractivity contribution in [1.82, 2.24) is 9.88 Å². The van der Waals surface area contributed by atoms with Crippen molar-refractivity contribution in [3.63, 3.8) is 0 Å². The van der Waals surface area contributed by atoms with Crippen LogP contribution in [0.1, 0.15) is 37.8 Å². The summed E-state index contributed by atoms with van der Waals surface area (Å²) in [6.07, 6.45) is -1.72. The number of hydrogen-bond donors (Lipinski definition) is 0. The molecular weight excluding hydrogens is 429 g/mol. The molecule has 1 aliphatic rings. The number of pyridine rings is 1. The van der Waals surface area contributed by atoms with E-state index in [1.807, 2.05) is 18.2 Å². The fourth-order valence-electron chi connectivity index (χ4n) is 3.75. The van der Waals surface area contributed by atoms with E-state index < -0.39 is 37.3 Å². The Morgan fingerprint density at radius 1 is 1.06 bits per heavy atom. The van der Waals surface area contributed by atoms with Gasteiger partial charge < -0.3 is 4.90 Å². The average molecular weight is 455 g/mol. The first-order valence-corrected chi connectivity index (χ1v) is 11.5. The Kier molecular flexibility index (Phi) is 6.45. The lowest BCUT2D eigenvalue weighted by Gasteiger charge is -2.36. The predicted octanol–water partition coefficient (Wildman–Crippen LogP) is 4.13. The highest BCUT2D eigenvalue weighted by Crippen LogP contribution is 2.32. The molecule has 0 bridgehead atoms. The topological polar surface area (TPSA) is 67.3 Å². The van der Waals surface area contributed by atoms with Crippen LogP contribution in [0.5, 0.6) is 0 Å². The van der Waals surface area contributed by atoms with E-state index in [0.717, 1.165) is 25.3 Å². The Morgan fingerprint density at radius 3 is 2.19 bits per heavy atom. The fraction of sp³-hybridized carbons (Fsp3) is 0.455. The molecule has 9 heteroatoms. The van der Waals surface area contributed by atoms with Gasteiger partial charge in [-0.2, -0.15) is 13.2 Å². The highest BCUT2D eigenvalue weighted by Gasteiger charge is 2.46. The number of piperidine rings is 1. The lowest BCUT2D eigenvalue weighted by atomic mass is 9.90. The number of aromatic nitrogens is 1. The van der Waals surface area contributed by atoms with Crippen molar-refractivity contribution in [3.05, 3.63) is 59.8 Å². The van der Waals surface area contributed by atoms with Crippen molar-refractivity contribution in [2.45, 2.75) is 49.1 Å². The lowest BCUT2D eigenvalue weighted by molar-refractivity contribution is -0.138. The Labute approximate surface area is 180 Å². The molecule has 0 spiro atoms. The Hall–Kier alpha value is -2.42. The Bertz CT molecular complexity index is 1010. The monoisotopic (exact) mass is 454 g/mol. The van der Waals surface area contributed by atoms with Crippen LogP contribution < -0.4 is 0 Å². The van der Waals surface area contributed by atoms with Crippen molar-refractivity contribution in [2.75, 3.05) is 13.1 Å². The smallest absolute Gasteiger partial charge is 0.341 e. The van der Waals surface area contributed by atoms with Gasteiger partial charge in [0.1, 0.15) is 0 Å². The molecule has 0 N–H and O–H groups in total. The molecule has 1 aromatic carbocycles. The van der Waals surface area contributed by atoms with Gasteiger partial charge in [-0.05, 0) is 56.7 Å². The molecule has 1 aromatic heterocycles. The largest absolute Gasteiger partial charge is 0.417 e. The second-order valence-electron chi connectivity index (χ2n) is 8.32. The lowest BCUT2D eigenvalue weighted by Crippen LogP contribution is -2.52. The standard InChI is InChI=1S/C22H25F3N2O3S/c1-21(2,31(29,30)19-9-8-18(15-26-19)22(23,24)25)20(28)27-12-10-17(11-13-27)14-16-6-4-3-5-7-16/h3-9,15,17H,10-14H2,1-2H3. The van der Waals surface area contributed by atoms with Gasteiger partial charge in [-0.1, -0.05) is 30.3 Å². The molecule has 5 nitrogen and oxygen atoms in total. The van der Waals surface area contributed by atoms with Crippen LogP contribution in [0.25, 0.3) is 0 Å². The van der Waals surface area contributed by atoms with E-state index in [1.54, 1.807) is 0 Å². The third-order valence-electron chi connectivity index (χ3n) is 5.79. The molecule has 0 aliphatic carbocycles. The van der Waals surface area contributed by atoms with Crippen molar-refractivity contribution in [2.24, 2.45) is 5.92 Å². The van der Waals surface area contributed by atoms with Gasteiger partial charge in [-0.15, -0.1) is 0 Å². The number of hydrogen-bond acceptors (Lipinski definition) is 4. The van der Waals surface area contributed by atoms with E-state index in [4.69, 9.17) is 0 Å². The van der Waals surface area contributed by atoms with Crippen LogP contribution in [0, 0.1) is 5.92 Å². The second kappa shape index (κ2) is 8.61. The second-order valence-corrected chi connectivity index (χ2v) is 10.8. The van der Waals surface area contributed by atoms with Gasteiger partial charge in [0, 0.05) is 19.3 Å². The zero-order chi connectivity index (χ0) is 22.9. The summed E-state index contributed by atoms with van der Waals surface area (Å²) in [6.45, 7) is 3.44. The third kappa shape index (κ3) is 4.92. The minimum atomic E-state index is -4.62. The van der Waals surface area contributed by atoms with Crippen LogP contribution >= 0.6 is 0 Å². The number of amides is 1. The predicted molar refractivity (Wildman–Crippen MR) is 110 cm³/mol. The van der Waals surface area contributed by atoms with Crippen molar-refractivity contribution >= 4 is 15.7 Å². The minimum Gasteiger partial charge on any atom is -0.341 e. The third-order valence-corrected chi connectivity index (χ3v) is 8.11. The van der Waals surface area contributed by atoms with Crippen LogP contribution in [-0.4, -0.2) is 42.0 Å². The summed E-state index contributed by atoms with van der Waals surface area (Å²) < 4.78 is 62.4. The molecule has 2 heterocycles. The van der Waals surface area contributed by atoms with Crippen molar-refractivity contribution < 1.29 is 26.4 Å². The molecule has 0 atom stereocenters. The van der Waals surface area contributed by atoms with Gasteiger partial charge >= 0.3 is 6.18 Å². The van der Waals surface area contributed by atoms with Gasteiger partial charge in [0.05, 0.1) is 5.56 Å². The van der Waals surface area contributed by atoms with E-state index in [1.165, 1.54) is 24.3 Å². The number of halogens is 3. The van der Waals surface area contributed by atoms with Crippen molar-refractivity contribution in [1.29, 1.82) is 0 Å². The van der Waals surface area contributed by atoms with Crippen LogP contribution in [-0.2, 0) is 27.2 Å². The first-order valence-electron chi connectivity index (χ1n) is 10.0. The number of nitrogens with zero attached hydrogens (tertiary/aromatic N) is 2. The maximum atomic E-state index is 13.1. The number of likely N-dealkylation sites (tertiary alicyclic amines) is 1. The molecule has 1 saturated heterocycles. The van der Waals surface area contributed by atoms with E-state index in [-0.39, 0.29) is 0 Å². The molecule has 1 fully saturated rings. The van der Waals surface area contributed by atoms with E-state index in [2.05, 4.69) is 17.1 Å². The van der Waals surface area contributed by atoms with Gasteiger partial charge in [0.25, 0.3) is 0 Å². The summed E-state index contributed by atoms with van der Waals surface area (Å²) in [4.78, 5) is 18.1. The van der Waals surface area contributed by atoms with Gasteiger partial charge in [-0.25, -0.2) is 13.4 Å². The number of benzene rings is 1. The van der Waals surface area contributed by atoms with E-state index >= 15 is 0 Å². The number of alkyl halides is 3. The molecule has 1 amide bonds. The molecule has 0 radical (unpaired) electrons. The summed E-state index contributed by atoms with van der Waals surface area (Å²) in [5, 5.41) is -0.544. The maximum absolute atomic E-state index is 13.1. The molecular formula is C22H25F3N2O3S. The van der Waals surface area contributed by atoms with Gasteiger partial charge in [0.2, 0.25) is 15.7 Å². The molecule has 1 aliphatic heterocycles. The van der Waals surface area contributed by atoms with Crippen LogP contribution in [0.2, 0.25) is 0 Å². The molecule has 31 heavy (non-hydrogen) atoms. The zero-order valence-electron chi connectivity index (χ0n) is 17.4. The number of carbonyl (C=O) groups is 1. The molecule has 2 aromatic rings. The minimum absolute atomic E-state index is 0.405. The Balaban J connectivity index is 1.69. The van der Waals surface area contributed by atoms with E-state index in [9.17, 15) is 26.4 Å². The van der Waals surface area contributed by atoms with Gasteiger partial charge in [-0.3, -0.25) is 4.79 Å². The van der Waals surface area contributed by atoms with Crippen molar-refractivity contribution in [3.8, 4) is 0 Å². The molecule has 168 valence electrons. The highest BCUT2D eigenvalue weighted by molar-refractivity contribution is 7.93. The highest BCUT2D eigenvalue weighted by atomic mass is 32.2. The zero-order valence-corrected chi connectivity index (χ0v) is 18.2. The Morgan fingerprint density at radius 2 is 1.68 bits per heavy atom. The fourth-order valence-corrected chi connectivity index (χ4v) is 5.07. The van der Waals surface area contributed by atoms with Crippen LogP contribution in [0.3, 0.4) is 0 Å². The first-order chi connectivity index (χ1) is 14.4.